The van der Waals surface area contributed by atoms with Crippen molar-refractivity contribution in [2.45, 2.75) is 12.3 Å². The Kier molecular flexibility index (Phi) is 6.61. The van der Waals surface area contributed by atoms with Crippen LogP contribution in [-0.2, 0) is 22.3 Å². The zero-order valence-electron chi connectivity index (χ0n) is 16.5. The van der Waals surface area contributed by atoms with Crippen molar-refractivity contribution >= 4 is 50.3 Å². The molecular weight excluding hydrogens is 467 g/mol. The highest BCUT2D eigenvalue weighted by Crippen LogP contribution is 2.28. The van der Waals surface area contributed by atoms with E-state index in [0.717, 1.165) is 16.1 Å². The second-order valence-corrected chi connectivity index (χ2v) is 9.86. The summed E-state index contributed by atoms with van der Waals surface area (Å²) in [4.78, 5) is 23.8. The van der Waals surface area contributed by atoms with Gasteiger partial charge in [0.2, 0.25) is 15.5 Å². The van der Waals surface area contributed by atoms with Crippen molar-refractivity contribution in [3.8, 4) is 5.75 Å². The molecule has 0 aliphatic carbocycles. The Morgan fingerprint density at radius 1 is 1.19 bits per heavy atom. The first-order chi connectivity index (χ1) is 14.5. The molecule has 0 aliphatic heterocycles. The maximum Gasteiger partial charge on any atom is 0.511 e. The van der Waals surface area contributed by atoms with Crippen LogP contribution in [0.25, 0.3) is 10.9 Å². The molecule has 3 aromatic rings. The summed E-state index contributed by atoms with van der Waals surface area (Å²) in [6, 6.07) is 10.1. The summed E-state index contributed by atoms with van der Waals surface area (Å²) in [5.74, 6) is -1.00. The fraction of sp³-hybridized carbons (Fsp3) is 0.200. The Hall–Kier alpha value is -2.59. The molecule has 0 aliphatic rings. The Morgan fingerprint density at radius 3 is 2.55 bits per heavy atom. The molecule has 164 valence electrons. The molecule has 3 rings (SSSR count). The van der Waals surface area contributed by atoms with Gasteiger partial charge in [0.15, 0.2) is 5.75 Å². The van der Waals surface area contributed by atoms with Crippen LogP contribution in [0.4, 0.5) is 4.79 Å². The van der Waals surface area contributed by atoms with Crippen LogP contribution in [0.15, 0.2) is 47.4 Å². The van der Waals surface area contributed by atoms with E-state index in [1.165, 1.54) is 18.7 Å². The van der Waals surface area contributed by atoms with Crippen molar-refractivity contribution in [2.75, 3.05) is 14.1 Å². The first-order valence-electron chi connectivity index (χ1n) is 8.89. The largest absolute Gasteiger partial charge is 0.511 e. The lowest BCUT2D eigenvalue weighted by molar-refractivity contribution is 0.144. The fourth-order valence-corrected chi connectivity index (χ4v) is 4.18. The number of ether oxygens (including phenoxy) is 1. The van der Waals surface area contributed by atoms with Crippen molar-refractivity contribution in [1.82, 2.24) is 8.87 Å². The smallest absolute Gasteiger partial charge is 0.449 e. The van der Waals surface area contributed by atoms with E-state index in [1.807, 2.05) is 0 Å². The van der Waals surface area contributed by atoms with Gasteiger partial charge < -0.3 is 14.4 Å². The summed E-state index contributed by atoms with van der Waals surface area (Å²) in [6.07, 6.45) is -0.248. The average molecular weight is 485 g/mol. The maximum atomic E-state index is 12.8. The number of carbonyl (C=O) groups is 1. The first kappa shape index (κ1) is 23.1. The van der Waals surface area contributed by atoms with E-state index in [1.54, 1.807) is 36.4 Å². The second-order valence-electron chi connectivity index (χ2n) is 6.92. The van der Waals surface area contributed by atoms with Crippen molar-refractivity contribution < 1.29 is 23.1 Å². The molecule has 0 amide bonds. The molecule has 0 bridgehead atoms. The lowest BCUT2D eigenvalue weighted by atomic mass is 10.0. The number of pyridine rings is 1. The number of carboxylic acid groups (broad SMARTS) is 1. The van der Waals surface area contributed by atoms with E-state index in [-0.39, 0.29) is 5.39 Å². The molecule has 11 heteroatoms. The minimum absolute atomic E-state index is 0.114. The predicted molar refractivity (Wildman–Crippen MR) is 119 cm³/mol. The zero-order chi connectivity index (χ0) is 22.9. The van der Waals surface area contributed by atoms with Crippen molar-refractivity contribution in [3.05, 3.63) is 74.0 Å². The topological polar surface area (TPSA) is 106 Å². The maximum absolute atomic E-state index is 12.8. The molecule has 1 heterocycles. The van der Waals surface area contributed by atoms with Gasteiger partial charge in [-0.2, -0.15) is 0 Å². The van der Waals surface area contributed by atoms with E-state index < -0.39 is 33.2 Å². The summed E-state index contributed by atoms with van der Waals surface area (Å²) in [5, 5.41) is 9.86. The minimum atomic E-state index is -3.71. The first-order valence-corrected chi connectivity index (χ1v) is 11.3. The minimum Gasteiger partial charge on any atom is -0.449 e. The monoisotopic (exact) mass is 484 g/mol. The molecular formula is C20H18Cl2N2O6S. The van der Waals surface area contributed by atoms with E-state index in [4.69, 9.17) is 28.3 Å². The molecule has 0 atom stereocenters. The molecule has 1 aromatic heterocycles. The summed E-state index contributed by atoms with van der Waals surface area (Å²) >= 11 is 12.3. The summed E-state index contributed by atoms with van der Waals surface area (Å²) in [5.41, 5.74) is 1.08. The number of halogens is 2. The molecule has 8 nitrogen and oxygen atoms in total. The molecule has 0 saturated carbocycles. The number of hydrogen-bond donors (Lipinski definition) is 1. The normalized spacial score (nSPS) is 11.8. The van der Waals surface area contributed by atoms with Crippen LogP contribution < -0.4 is 10.2 Å². The SMILES string of the molecule is CN(C)S(=O)(=O)Cn1cc(OC(=O)O)c(=O)c2cc(Cc3cccc(Cl)c3Cl)ccc21. The fourth-order valence-electron chi connectivity index (χ4n) is 3.00. The number of rotatable bonds is 6. The third-order valence-electron chi connectivity index (χ3n) is 4.59. The third-order valence-corrected chi connectivity index (χ3v) is 7.17. The quantitative estimate of drug-likeness (QED) is 0.533. The number of sulfonamides is 1. The van der Waals surface area contributed by atoms with Crippen molar-refractivity contribution in [3.63, 3.8) is 0 Å². The number of benzene rings is 2. The molecule has 0 saturated heterocycles. The van der Waals surface area contributed by atoms with E-state index in [9.17, 15) is 18.0 Å². The lowest BCUT2D eigenvalue weighted by Gasteiger charge is -2.17. The van der Waals surface area contributed by atoms with Gasteiger partial charge in [-0.15, -0.1) is 0 Å². The van der Waals surface area contributed by atoms with Crippen LogP contribution in [0.2, 0.25) is 10.0 Å². The second kappa shape index (κ2) is 8.88. The van der Waals surface area contributed by atoms with E-state index >= 15 is 0 Å². The average Bonchev–Trinajstić information content (AvgIpc) is 2.68. The highest BCUT2D eigenvalue weighted by Gasteiger charge is 2.19. The molecule has 0 unspecified atom stereocenters. The molecule has 2 aromatic carbocycles. The Labute approximate surface area is 188 Å². The highest BCUT2D eigenvalue weighted by molar-refractivity contribution is 7.88. The van der Waals surface area contributed by atoms with Gasteiger partial charge in [0.1, 0.15) is 5.88 Å². The summed E-state index contributed by atoms with van der Waals surface area (Å²) in [7, 11) is -0.958. The standard InChI is InChI=1S/C20H18Cl2N2O6S/c1-23(2)31(28,29)11-24-10-17(30-20(26)27)19(25)14-9-12(6-7-16(14)24)8-13-4-3-5-15(21)18(13)22/h3-7,9-10H,8,11H2,1-2H3,(H,26,27). The van der Waals surface area contributed by atoms with Gasteiger partial charge in [0, 0.05) is 19.5 Å². The van der Waals surface area contributed by atoms with Crippen LogP contribution in [0.1, 0.15) is 11.1 Å². The van der Waals surface area contributed by atoms with Gasteiger partial charge in [0.05, 0.1) is 21.8 Å². The summed E-state index contributed by atoms with van der Waals surface area (Å²) in [6.45, 7) is 0. The summed E-state index contributed by atoms with van der Waals surface area (Å²) < 4.78 is 31.7. The van der Waals surface area contributed by atoms with Crippen molar-refractivity contribution in [2.24, 2.45) is 0 Å². The zero-order valence-corrected chi connectivity index (χ0v) is 18.8. The Morgan fingerprint density at radius 2 is 1.90 bits per heavy atom. The third kappa shape index (κ3) is 5.01. The Balaban J connectivity index is 2.17. The number of hydrogen-bond acceptors (Lipinski definition) is 5. The van der Waals surface area contributed by atoms with Crippen LogP contribution in [0, 0.1) is 0 Å². The molecule has 1 N–H and O–H groups in total. The number of nitrogens with zero attached hydrogens (tertiary/aromatic N) is 2. The van der Waals surface area contributed by atoms with Crippen LogP contribution >= 0.6 is 23.2 Å². The molecule has 0 fully saturated rings. The molecule has 0 radical (unpaired) electrons. The van der Waals surface area contributed by atoms with Gasteiger partial charge in [-0.25, -0.2) is 17.5 Å². The predicted octanol–water partition coefficient (Wildman–Crippen LogP) is 3.80. The Bertz CT molecular complexity index is 1340. The van der Waals surface area contributed by atoms with Gasteiger partial charge in [-0.1, -0.05) is 41.4 Å². The van der Waals surface area contributed by atoms with E-state index in [0.29, 0.717) is 27.5 Å². The molecule has 31 heavy (non-hydrogen) atoms. The van der Waals surface area contributed by atoms with Crippen LogP contribution in [-0.4, -0.2) is 42.6 Å². The van der Waals surface area contributed by atoms with Gasteiger partial charge in [-0.05, 0) is 35.7 Å². The van der Waals surface area contributed by atoms with Gasteiger partial charge >= 0.3 is 6.16 Å². The lowest BCUT2D eigenvalue weighted by Crippen LogP contribution is -2.27. The molecule has 0 spiro atoms. The van der Waals surface area contributed by atoms with Gasteiger partial charge in [0.25, 0.3) is 0 Å². The highest BCUT2D eigenvalue weighted by atomic mass is 35.5. The van der Waals surface area contributed by atoms with Crippen LogP contribution in [0.5, 0.6) is 5.75 Å². The van der Waals surface area contributed by atoms with Gasteiger partial charge in [-0.3, -0.25) is 4.79 Å². The number of aromatic nitrogens is 1. The number of fused-ring (bicyclic) bond motifs is 1. The van der Waals surface area contributed by atoms with E-state index in [2.05, 4.69) is 4.74 Å². The van der Waals surface area contributed by atoms with Crippen molar-refractivity contribution in [1.29, 1.82) is 0 Å². The van der Waals surface area contributed by atoms with Crippen LogP contribution in [0.3, 0.4) is 0 Å².